The Morgan fingerprint density at radius 1 is 0.400 bits per heavy atom. The van der Waals surface area contributed by atoms with Gasteiger partial charge >= 0.3 is 0 Å². The summed E-state index contributed by atoms with van der Waals surface area (Å²) in [5, 5.41) is 19.8. The maximum absolute atomic E-state index is 10.1. The van der Waals surface area contributed by atoms with Crippen molar-refractivity contribution in [1.82, 2.24) is 0 Å². The molecule has 0 bridgehead atoms. The number of benzene rings is 8. The maximum Gasteiger partial charge on any atom is 0.143 e. The predicted octanol–water partition coefficient (Wildman–Crippen LogP) is 11.9. The van der Waals surface area contributed by atoms with Crippen molar-refractivity contribution in [3.05, 3.63) is 158 Å². The van der Waals surface area contributed by atoms with E-state index in [-0.39, 0.29) is 5.75 Å². The van der Waals surface area contributed by atoms with Crippen molar-refractivity contribution in [1.29, 1.82) is 0 Å². The van der Waals surface area contributed by atoms with Gasteiger partial charge in [0.25, 0.3) is 0 Å². The maximum atomic E-state index is 10.1. The summed E-state index contributed by atoms with van der Waals surface area (Å²) in [7, 11) is 0. The monoisotopic (exact) mass is 577 g/mol. The lowest BCUT2D eigenvalue weighted by molar-refractivity contribution is 0.475. The standard InChI is InChI=1S/C42H27NO2/c44-31-23-20-29(21-24-31)43(30-22-25-37-35-10-2-1-8-33(35)34-9-3-4-11-36(34)40(37)26-30)28-18-16-27(17-19-28)32-13-7-14-39-38-12-5-6-15-41(38)45-42(32)39/h1-26,44H. The molecule has 0 fully saturated rings. The fourth-order valence-corrected chi connectivity index (χ4v) is 6.85. The first-order valence-electron chi connectivity index (χ1n) is 15.2. The molecule has 0 saturated carbocycles. The molecule has 0 atom stereocenters. The molecule has 0 saturated heterocycles. The van der Waals surface area contributed by atoms with Crippen molar-refractivity contribution in [2.24, 2.45) is 0 Å². The SMILES string of the molecule is Oc1ccc(N(c2ccc(-c3cccc4c3oc3ccccc34)cc2)c2ccc3c4ccccc4c4ccccc4c3c2)cc1. The fraction of sp³-hybridized carbons (Fsp3) is 0. The Balaban J connectivity index is 1.22. The number of rotatable bonds is 4. The van der Waals surface area contributed by atoms with Crippen LogP contribution in [0.2, 0.25) is 0 Å². The van der Waals surface area contributed by atoms with Crippen molar-refractivity contribution in [2.75, 3.05) is 4.90 Å². The molecule has 1 aromatic heterocycles. The van der Waals surface area contributed by atoms with Crippen molar-refractivity contribution in [3.63, 3.8) is 0 Å². The minimum absolute atomic E-state index is 0.240. The lowest BCUT2D eigenvalue weighted by Gasteiger charge is -2.26. The van der Waals surface area contributed by atoms with E-state index in [1.165, 1.54) is 32.3 Å². The molecule has 45 heavy (non-hydrogen) atoms. The van der Waals surface area contributed by atoms with Crippen LogP contribution in [0.25, 0.3) is 65.4 Å². The Labute approximate surface area is 259 Å². The molecule has 0 unspecified atom stereocenters. The van der Waals surface area contributed by atoms with Crippen LogP contribution in [-0.2, 0) is 0 Å². The molecule has 3 heteroatoms. The van der Waals surface area contributed by atoms with Crippen molar-refractivity contribution >= 4 is 71.3 Å². The second kappa shape index (κ2) is 10.0. The fourth-order valence-electron chi connectivity index (χ4n) is 6.85. The molecule has 0 radical (unpaired) electrons. The molecule has 0 aliphatic rings. The number of phenols is 1. The average molecular weight is 578 g/mol. The first kappa shape index (κ1) is 25.4. The molecule has 8 aromatic carbocycles. The highest BCUT2D eigenvalue weighted by molar-refractivity contribution is 6.25. The quantitative estimate of drug-likeness (QED) is 0.211. The first-order chi connectivity index (χ1) is 22.2. The number of phenolic OH excluding ortho intramolecular Hbond substituents is 1. The third-order valence-electron chi connectivity index (χ3n) is 8.93. The number of hydrogen-bond donors (Lipinski definition) is 1. The second-order valence-corrected chi connectivity index (χ2v) is 11.5. The van der Waals surface area contributed by atoms with Gasteiger partial charge < -0.3 is 14.4 Å². The molecule has 1 N–H and O–H groups in total. The summed E-state index contributed by atoms with van der Waals surface area (Å²) in [6.07, 6.45) is 0. The second-order valence-electron chi connectivity index (χ2n) is 11.5. The largest absolute Gasteiger partial charge is 0.508 e. The summed E-state index contributed by atoms with van der Waals surface area (Å²) in [5.74, 6) is 0.240. The molecular weight excluding hydrogens is 550 g/mol. The Kier molecular flexibility index (Phi) is 5.66. The van der Waals surface area contributed by atoms with Gasteiger partial charge in [0.15, 0.2) is 0 Å². The summed E-state index contributed by atoms with van der Waals surface area (Å²) in [6, 6.07) is 54.6. The van der Waals surface area contributed by atoms with E-state index < -0.39 is 0 Å². The zero-order chi connectivity index (χ0) is 29.9. The molecule has 0 aliphatic carbocycles. The molecule has 3 nitrogen and oxygen atoms in total. The van der Waals surface area contributed by atoms with Crippen LogP contribution in [0.4, 0.5) is 17.1 Å². The summed E-state index contributed by atoms with van der Waals surface area (Å²) in [5.41, 5.74) is 6.97. The highest BCUT2D eigenvalue weighted by Crippen LogP contribution is 2.42. The van der Waals surface area contributed by atoms with E-state index in [1.54, 1.807) is 12.1 Å². The van der Waals surface area contributed by atoms with Gasteiger partial charge in [0.05, 0.1) is 0 Å². The van der Waals surface area contributed by atoms with Gasteiger partial charge in [-0.2, -0.15) is 0 Å². The highest BCUT2D eigenvalue weighted by atomic mass is 16.3. The van der Waals surface area contributed by atoms with Gasteiger partial charge in [-0.3, -0.25) is 0 Å². The molecule has 0 amide bonds. The van der Waals surface area contributed by atoms with Crippen molar-refractivity contribution in [3.8, 4) is 16.9 Å². The third-order valence-corrected chi connectivity index (χ3v) is 8.93. The van der Waals surface area contributed by atoms with Gasteiger partial charge in [0.1, 0.15) is 16.9 Å². The zero-order valence-corrected chi connectivity index (χ0v) is 24.3. The van der Waals surface area contributed by atoms with E-state index in [0.717, 1.165) is 50.1 Å². The van der Waals surface area contributed by atoms with Crippen LogP contribution < -0.4 is 4.90 Å². The molecule has 9 rings (SSSR count). The number of aromatic hydroxyl groups is 1. The van der Waals surface area contributed by atoms with E-state index in [2.05, 4.69) is 126 Å². The topological polar surface area (TPSA) is 36.6 Å². The van der Waals surface area contributed by atoms with Gasteiger partial charge in [-0.1, -0.05) is 103 Å². The van der Waals surface area contributed by atoms with E-state index in [0.29, 0.717) is 0 Å². The van der Waals surface area contributed by atoms with E-state index >= 15 is 0 Å². The van der Waals surface area contributed by atoms with Gasteiger partial charge in [-0.25, -0.2) is 0 Å². The average Bonchev–Trinajstić information content (AvgIpc) is 3.49. The van der Waals surface area contributed by atoms with Crippen LogP contribution in [0.1, 0.15) is 0 Å². The highest BCUT2D eigenvalue weighted by Gasteiger charge is 2.17. The Bertz CT molecular complexity index is 2510. The lowest BCUT2D eigenvalue weighted by atomic mass is 9.94. The third kappa shape index (κ3) is 4.05. The van der Waals surface area contributed by atoms with Gasteiger partial charge in [0.2, 0.25) is 0 Å². The first-order valence-corrected chi connectivity index (χ1v) is 15.2. The number of para-hydroxylation sites is 2. The van der Waals surface area contributed by atoms with Crippen LogP contribution in [-0.4, -0.2) is 5.11 Å². The number of furan rings is 1. The van der Waals surface area contributed by atoms with Gasteiger partial charge in [-0.05, 0) is 92.5 Å². The summed E-state index contributed by atoms with van der Waals surface area (Å²) >= 11 is 0. The number of hydrogen-bond acceptors (Lipinski definition) is 3. The van der Waals surface area contributed by atoms with Crippen molar-refractivity contribution < 1.29 is 9.52 Å². The smallest absolute Gasteiger partial charge is 0.143 e. The molecular formula is C42H27NO2. The van der Waals surface area contributed by atoms with Crippen molar-refractivity contribution in [2.45, 2.75) is 0 Å². The summed E-state index contributed by atoms with van der Waals surface area (Å²) in [4.78, 5) is 2.24. The van der Waals surface area contributed by atoms with Gasteiger partial charge in [0, 0.05) is 33.4 Å². The normalized spacial score (nSPS) is 11.6. The van der Waals surface area contributed by atoms with E-state index in [1.807, 2.05) is 24.3 Å². The number of anilines is 3. The molecule has 0 aliphatic heterocycles. The minimum atomic E-state index is 0.240. The van der Waals surface area contributed by atoms with Crippen LogP contribution in [0.3, 0.4) is 0 Å². The lowest BCUT2D eigenvalue weighted by Crippen LogP contribution is -2.09. The predicted molar refractivity (Wildman–Crippen MR) is 188 cm³/mol. The van der Waals surface area contributed by atoms with Gasteiger partial charge in [-0.15, -0.1) is 0 Å². The summed E-state index contributed by atoms with van der Waals surface area (Å²) in [6.45, 7) is 0. The Hall–Kier alpha value is -6.06. The van der Waals surface area contributed by atoms with Crippen LogP contribution in [0.5, 0.6) is 5.75 Å². The number of nitrogens with zero attached hydrogens (tertiary/aromatic N) is 1. The molecule has 212 valence electrons. The van der Waals surface area contributed by atoms with E-state index in [9.17, 15) is 5.11 Å². The van der Waals surface area contributed by atoms with Crippen LogP contribution >= 0.6 is 0 Å². The van der Waals surface area contributed by atoms with E-state index in [4.69, 9.17) is 4.42 Å². The zero-order valence-electron chi connectivity index (χ0n) is 24.3. The molecule has 0 spiro atoms. The molecule has 9 aromatic rings. The Morgan fingerprint density at radius 3 is 1.58 bits per heavy atom. The summed E-state index contributed by atoms with van der Waals surface area (Å²) < 4.78 is 6.34. The Morgan fingerprint density at radius 2 is 0.911 bits per heavy atom. The number of fused-ring (bicyclic) bond motifs is 9. The van der Waals surface area contributed by atoms with Crippen LogP contribution in [0, 0.1) is 0 Å². The van der Waals surface area contributed by atoms with Crippen LogP contribution in [0.15, 0.2) is 162 Å². The minimum Gasteiger partial charge on any atom is -0.508 e. The molecule has 1 heterocycles.